The number of nitrogens with two attached hydrogens (primary N) is 1. The Morgan fingerprint density at radius 2 is 1.97 bits per heavy atom. The Hall–Kier alpha value is -3.25. The van der Waals surface area contributed by atoms with Gasteiger partial charge >= 0.3 is 0 Å². The highest BCUT2D eigenvalue weighted by Crippen LogP contribution is 2.27. The molecule has 1 aromatic heterocycles. The molecular weight excluding hydrogens is 366 g/mol. The Bertz CT molecular complexity index is 945. The van der Waals surface area contributed by atoms with Crippen molar-refractivity contribution in [3.63, 3.8) is 0 Å². The highest BCUT2D eigenvalue weighted by atomic mass is 16.5. The van der Waals surface area contributed by atoms with Crippen molar-refractivity contribution in [3.05, 3.63) is 59.8 Å². The van der Waals surface area contributed by atoms with Crippen LogP contribution in [0.5, 0.6) is 11.5 Å². The van der Waals surface area contributed by atoms with Gasteiger partial charge < -0.3 is 25.9 Å². The number of phenolic OH excluding ortho intramolecular Hbond substituents is 1. The Kier molecular flexibility index (Phi) is 7.30. The lowest BCUT2D eigenvalue weighted by atomic mass is 10.1. The first kappa shape index (κ1) is 20.5. The number of aromatic amines is 1. The number of aromatic hydroxyl groups is 1. The minimum Gasteiger partial charge on any atom is -0.504 e. The molecule has 0 spiro atoms. The number of hydrogen-bond acceptors (Lipinski definition) is 4. The van der Waals surface area contributed by atoms with Crippen LogP contribution in [0.3, 0.4) is 0 Å². The van der Waals surface area contributed by atoms with Gasteiger partial charge in [0, 0.05) is 17.8 Å². The van der Waals surface area contributed by atoms with E-state index < -0.39 is 0 Å². The number of phenols is 1. The van der Waals surface area contributed by atoms with Gasteiger partial charge in [-0.3, -0.25) is 4.79 Å². The first-order valence-corrected chi connectivity index (χ1v) is 9.84. The van der Waals surface area contributed by atoms with Crippen molar-refractivity contribution in [3.8, 4) is 11.5 Å². The van der Waals surface area contributed by atoms with E-state index in [4.69, 9.17) is 10.5 Å². The van der Waals surface area contributed by atoms with Crippen molar-refractivity contribution >= 4 is 29.0 Å². The molecule has 2 aromatic carbocycles. The van der Waals surface area contributed by atoms with Gasteiger partial charge in [0.1, 0.15) is 0 Å². The molecule has 0 atom stereocenters. The van der Waals surface area contributed by atoms with Crippen molar-refractivity contribution in [2.75, 3.05) is 19.7 Å². The maximum atomic E-state index is 11.9. The first-order chi connectivity index (χ1) is 14.2. The van der Waals surface area contributed by atoms with Gasteiger partial charge in [-0.1, -0.05) is 36.8 Å². The van der Waals surface area contributed by atoms with Gasteiger partial charge in [0.2, 0.25) is 0 Å². The van der Waals surface area contributed by atoms with Gasteiger partial charge in [0.25, 0.3) is 5.91 Å². The average molecular weight is 393 g/mol. The van der Waals surface area contributed by atoms with Gasteiger partial charge in [-0.2, -0.15) is 0 Å². The molecule has 152 valence electrons. The molecule has 6 heteroatoms. The summed E-state index contributed by atoms with van der Waals surface area (Å²) in [5, 5.41) is 14.0. The normalized spacial score (nSPS) is 11.2. The number of ether oxygens (including phenoxy) is 1. The molecule has 5 N–H and O–H groups in total. The Morgan fingerprint density at radius 3 is 2.79 bits per heavy atom. The highest BCUT2D eigenvalue weighted by Gasteiger charge is 2.07. The number of rotatable bonds is 10. The molecule has 29 heavy (non-hydrogen) atoms. The SMILES string of the molecule is NCCCCCNC(=O)COc1cc(/C=C/c2cc3ccccc3[nH]2)ccc1O. The smallest absolute Gasteiger partial charge is 0.257 e. The van der Waals surface area contributed by atoms with Crippen LogP contribution in [-0.4, -0.2) is 35.7 Å². The number of H-pyrrole nitrogens is 1. The first-order valence-electron chi connectivity index (χ1n) is 9.84. The molecule has 1 heterocycles. The number of carbonyl (C=O) groups is 1. The van der Waals surface area contributed by atoms with Crippen LogP contribution >= 0.6 is 0 Å². The molecule has 0 unspecified atom stereocenters. The van der Waals surface area contributed by atoms with Crippen molar-refractivity contribution in [1.82, 2.24) is 10.3 Å². The standard InChI is InChI=1S/C23H27N3O3/c24-12-4-1-5-13-25-23(28)16-29-22-14-17(9-11-21(22)27)8-10-19-15-18-6-2-3-7-20(18)26-19/h2-3,6-11,14-15,26-27H,1,4-5,12-13,16,24H2,(H,25,28)/b10-8+. The van der Waals surface area contributed by atoms with Gasteiger partial charge in [0.15, 0.2) is 18.1 Å². The molecule has 6 nitrogen and oxygen atoms in total. The molecule has 0 radical (unpaired) electrons. The third-order valence-corrected chi connectivity index (χ3v) is 4.55. The molecular formula is C23H27N3O3. The van der Waals surface area contributed by atoms with Crippen LogP contribution in [0.25, 0.3) is 23.1 Å². The fourth-order valence-electron chi connectivity index (χ4n) is 2.99. The third-order valence-electron chi connectivity index (χ3n) is 4.55. The fourth-order valence-corrected chi connectivity index (χ4v) is 2.99. The van der Waals surface area contributed by atoms with E-state index in [2.05, 4.69) is 22.4 Å². The molecule has 0 saturated heterocycles. The maximum absolute atomic E-state index is 11.9. The molecule has 0 aliphatic carbocycles. The maximum Gasteiger partial charge on any atom is 0.257 e. The number of amides is 1. The number of hydrogen-bond donors (Lipinski definition) is 4. The quantitative estimate of drug-likeness (QED) is 0.395. The molecule has 3 aromatic rings. The summed E-state index contributed by atoms with van der Waals surface area (Å²) in [6.07, 6.45) is 6.73. The molecule has 1 amide bonds. The van der Waals surface area contributed by atoms with Crippen molar-refractivity contribution < 1.29 is 14.6 Å². The summed E-state index contributed by atoms with van der Waals surface area (Å²) < 4.78 is 5.49. The average Bonchev–Trinajstić information content (AvgIpc) is 3.15. The number of aromatic nitrogens is 1. The van der Waals surface area contributed by atoms with Crippen molar-refractivity contribution in [2.45, 2.75) is 19.3 Å². The summed E-state index contributed by atoms with van der Waals surface area (Å²) in [6, 6.07) is 15.2. The second kappa shape index (κ2) is 10.3. The van der Waals surface area contributed by atoms with Crippen LogP contribution in [0.1, 0.15) is 30.5 Å². The molecule has 0 fully saturated rings. The predicted molar refractivity (Wildman–Crippen MR) is 117 cm³/mol. The van der Waals surface area contributed by atoms with E-state index in [0.29, 0.717) is 13.1 Å². The molecule has 0 saturated carbocycles. The van der Waals surface area contributed by atoms with Gasteiger partial charge in [-0.05, 0) is 60.7 Å². The fraction of sp³-hybridized carbons (Fsp3) is 0.261. The van der Waals surface area contributed by atoms with E-state index in [1.165, 1.54) is 0 Å². The largest absolute Gasteiger partial charge is 0.504 e. The van der Waals surface area contributed by atoms with E-state index in [1.807, 2.05) is 30.4 Å². The zero-order valence-corrected chi connectivity index (χ0v) is 16.4. The van der Waals surface area contributed by atoms with E-state index in [9.17, 15) is 9.90 Å². The monoisotopic (exact) mass is 393 g/mol. The van der Waals surface area contributed by atoms with Crippen LogP contribution < -0.4 is 15.8 Å². The Balaban J connectivity index is 1.55. The summed E-state index contributed by atoms with van der Waals surface area (Å²) >= 11 is 0. The number of para-hydroxylation sites is 1. The van der Waals surface area contributed by atoms with Crippen LogP contribution in [0.4, 0.5) is 0 Å². The van der Waals surface area contributed by atoms with Gasteiger partial charge in [-0.15, -0.1) is 0 Å². The number of fused-ring (bicyclic) bond motifs is 1. The van der Waals surface area contributed by atoms with Crippen LogP contribution in [0.15, 0.2) is 48.5 Å². The number of benzene rings is 2. The van der Waals surface area contributed by atoms with E-state index >= 15 is 0 Å². The minimum absolute atomic E-state index is 0.00325. The second-order valence-electron chi connectivity index (χ2n) is 6.86. The minimum atomic E-state index is -0.212. The number of carbonyl (C=O) groups excluding carboxylic acids is 1. The van der Waals surface area contributed by atoms with Crippen molar-refractivity contribution in [1.29, 1.82) is 0 Å². The highest BCUT2D eigenvalue weighted by molar-refractivity contribution is 5.84. The van der Waals surface area contributed by atoms with E-state index in [-0.39, 0.29) is 24.0 Å². The molecule has 0 aliphatic rings. The molecule has 0 bridgehead atoms. The van der Waals surface area contributed by atoms with Crippen LogP contribution in [0, 0.1) is 0 Å². The zero-order valence-electron chi connectivity index (χ0n) is 16.4. The van der Waals surface area contributed by atoms with Crippen molar-refractivity contribution in [2.24, 2.45) is 5.73 Å². The van der Waals surface area contributed by atoms with Crippen LogP contribution in [0.2, 0.25) is 0 Å². The topological polar surface area (TPSA) is 100 Å². The van der Waals surface area contributed by atoms with E-state index in [0.717, 1.165) is 41.4 Å². The number of nitrogens with one attached hydrogen (secondary N) is 2. The van der Waals surface area contributed by atoms with E-state index in [1.54, 1.807) is 18.2 Å². The Morgan fingerprint density at radius 1 is 1.10 bits per heavy atom. The van der Waals surface area contributed by atoms with Gasteiger partial charge in [-0.25, -0.2) is 0 Å². The lowest BCUT2D eigenvalue weighted by Crippen LogP contribution is -2.29. The summed E-state index contributed by atoms with van der Waals surface area (Å²) in [5.41, 5.74) is 8.37. The van der Waals surface area contributed by atoms with Gasteiger partial charge in [0.05, 0.1) is 0 Å². The number of unbranched alkanes of at least 4 members (excludes halogenated alkanes) is 2. The third kappa shape index (κ3) is 6.12. The molecule has 3 rings (SSSR count). The Labute approximate surface area is 170 Å². The second-order valence-corrected chi connectivity index (χ2v) is 6.86. The summed E-state index contributed by atoms with van der Waals surface area (Å²) in [4.78, 5) is 15.2. The van der Waals surface area contributed by atoms with Crippen LogP contribution in [-0.2, 0) is 4.79 Å². The lowest BCUT2D eigenvalue weighted by molar-refractivity contribution is -0.123. The molecule has 0 aliphatic heterocycles. The summed E-state index contributed by atoms with van der Waals surface area (Å²) in [7, 11) is 0. The summed E-state index contributed by atoms with van der Waals surface area (Å²) in [5.74, 6) is 0.0711. The zero-order chi connectivity index (χ0) is 20.5. The summed E-state index contributed by atoms with van der Waals surface area (Å²) in [6.45, 7) is 1.13. The lowest BCUT2D eigenvalue weighted by Gasteiger charge is -2.09. The predicted octanol–water partition coefficient (Wildman–Crippen LogP) is 3.67.